The highest BCUT2D eigenvalue weighted by atomic mass is 16.1. The first-order chi connectivity index (χ1) is 9.20. The minimum Gasteiger partial charge on any atom is -0.381 e. The van der Waals surface area contributed by atoms with Gasteiger partial charge in [0.25, 0.3) is 0 Å². The number of Topliss-reactive ketones (excluding diaryl/α,β-unsaturated/α-hetero) is 1. The van der Waals surface area contributed by atoms with Gasteiger partial charge in [0.1, 0.15) is 0 Å². The molecule has 0 bridgehead atoms. The topological polar surface area (TPSA) is 29.1 Å². The average molecular weight is 253 g/mol. The highest BCUT2D eigenvalue weighted by Crippen LogP contribution is 2.14. The molecule has 0 aliphatic rings. The number of ketones is 1. The number of anilines is 1. The van der Waals surface area contributed by atoms with Gasteiger partial charge in [0.15, 0.2) is 5.78 Å². The number of nitrogens with one attached hydrogen (secondary N) is 1. The molecule has 0 saturated heterocycles. The third kappa shape index (κ3) is 3.44. The molecule has 2 heteroatoms. The normalized spacial score (nSPS) is 10.2. The van der Waals surface area contributed by atoms with E-state index in [-0.39, 0.29) is 5.78 Å². The largest absolute Gasteiger partial charge is 0.381 e. The predicted octanol–water partition coefficient (Wildman–Crippen LogP) is 4.20. The van der Waals surface area contributed by atoms with Gasteiger partial charge < -0.3 is 5.32 Å². The molecule has 2 nitrogen and oxygen atoms in total. The lowest BCUT2D eigenvalue weighted by molar-refractivity contribution is 0.0988. The molecule has 19 heavy (non-hydrogen) atoms. The van der Waals surface area contributed by atoms with E-state index in [1.807, 2.05) is 43.3 Å². The summed E-state index contributed by atoms with van der Waals surface area (Å²) in [4.78, 5) is 11.5. The predicted molar refractivity (Wildman–Crippen MR) is 79.6 cm³/mol. The quantitative estimate of drug-likeness (QED) is 0.809. The van der Waals surface area contributed by atoms with Gasteiger partial charge in [-0.2, -0.15) is 0 Å². The van der Waals surface area contributed by atoms with Crippen molar-refractivity contribution in [3.05, 3.63) is 65.2 Å². The SMILES string of the molecule is CCC(=O)c1ccc(NCc2ccccc2C)cc1. The van der Waals surface area contributed by atoms with Crippen molar-refractivity contribution in [2.75, 3.05) is 5.32 Å². The first-order valence-corrected chi connectivity index (χ1v) is 6.62. The maximum atomic E-state index is 11.5. The molecule has 98 valence electrons. The highest BCUT2D eigenvalue weighted by molar-refractivity contribution is 5.96. The summed E-state index contributed by atoms with van der Waals surface area (Å²) in [5.74, 6) is 0.186. The summed E-state index contributed by atoms with van der Waals surface area (Å²) < 4.78 is 0. The van der Waals surface area contributed by atoms with Crippen molar-refractivity contribution < 1.29 is 4.79 Å². The number of benzene rings is 2. The van der Waals surface area contributed by atoms with E-state index < -0.39 is 0 Å². The van der Waals surface area contributed by atoms with Crippen LogP contribution in [0, 0.1) is 6.92 Å². The van der Waals surface area contributed by atoms with Crippen LogP contribution in [0.1, 0.15) is 34.8 Å². The molecule has 2 aromatic carbocycles. The molecule has 0 heterocycles. The smallest absolute Gasteiger partial charge is 0.162 e. The highest BCUT2D eigenvalue weighted by Gasteiger charge is 2.02. The molecule has 0 saturated carbocycles. The van der Waals surface area contributed by atoms with Crippen molar-refractivity contribution >= 4 is 11.5 Å². The van der Waals surface area contributed by atoms with Crippen LogP contribution < -0.4 is 5.32 Å². The third-order valence-corrected chi connectivity index (χ3v) is 3.27. The Morgan fingerprint density at radius 2 is 1.74 bits per heavy atom. The van der Waals surface area contributed by atoms with Crippen LogP contribution in [0.5, 0.6) is 0 Å². The van der Waals surface area contributed by atoms with E-state index >= 15 is 0 Å². The Morgan fingerprint density at radius 3 is 2.37 bits per heavy atom. The second-order valence-corrected chi connectivity index (χ2v) is 4.63. The van der Waals surface area contributed by atoms with Gasteiger partial charge in [-0.1, -0.05) is 31.2 Å². The molecule has 0 radical (unpaired) electrons. The van der Waals surface area contributed by atoms with Crippen molar-refractivity contribution in [1.29, 1.82) is 0 Å². The van der Waals surface area contributed by atoms with Crippen LogP contribution in [0.15, 0.2) is 48.5 Å². The minimum atomic E-state index is 0.186. The number of hydrogen-bond acceptors (Lipinski definition) is 2. The van der Waals surface area contributed by atoms with E-state index in [0.29, 0.717) is 6.42 Å². The summed E-state index contributed by atoms with van der Waals surface area (Å²) in [6.07, 6.45) is 0.552. The van der Waals surface area contributed by atoms with Gasteiger partial charge in [-0.05, 0) is 42.3 Å². The van der Waals surface area contributed by atoms with Crippen LogP contribution >= 0.6 is 0 Å². The van der Waals surface area contributed by atoms with Gasteiger partial charge in [0.2, 0.25) is 0 Å². The zero-order valence-corrected chi connectivity index (χ0v) is 11.4. The van der Waals surface area contributed by atoms with E-state index in [0.717, 1.165) is 17.8 Å². The molecule has 2 rings (SSSR count). The average Bonchev–Trinajstić information content (AvgIpc) is 2.46. The summed E-state index contributed by atoms with van der Waals surface area (Å²) in [5, 5.41) is 3.37. The zero-order valence-electron chi connectivity index (χ0n) is 11.4. The number of aryl methyl sites for hydroxylation is 1. The lowest BCUT2D eigenvalue weighted by Gasteiger charge is -2.09. The molecular formula is C17H19NO. The second kappa shape index (κ2) is 6.19. The molecular weight excluding hydrogens is 234 g/mol. The monoisotopic (exact) mass is 253 g/mol. The van der Waals surface area contributed by atoms with Crippen LogP contribution in [0.3, 0.4) is 0 Å². The van der Waals surface area contributed by atoms with Crippen molar-refractivity contribution in [2.24, 2.45) is 0 Å². The Morgan fingerprint density at radius 1 is 1.05 bits per heavy atom. The summed E-state index contributed by atoms with van der Waals surface area (Å²) in [7, 11) is 0. The lowest BCUT2D eigenvalue weighted by Crippen LogP contribution is -2.02. The molecule has 0 spiro atoms. The van der Waals surface area contributed by atoms with E-state index in [1.165, 1.54) is 11.1 Å². The Kier molecular flexibility index (Phi) is 4.35. The first-order valence-electron chi connectivity index (χ1n) is 6.62. The summed E-state index contributed by atoms with van der Waals surface area (Å²) in [6, 6.07) is 16.0. The van der Waals surface area contributed by atoms with Crippen LogP contribution in [0.4, 0.5) is 5.69 Å². The molecule has 0 aliphatic carbocycles. The van der Waals surface area contributed by atoms with Gasteiger partial charge in [-0.15, -0.1) is 0 Å². The van der Waals surface area contributed by atoms with Crippen LogP contribution in [0.2, 0.25) is 0 Å². The number of hydrogen-bond donors (Lipinski definition) is 1. The van der Waals surface area contributed by atoms with Gasteiger partial charge in [-0.3, -0.25) is 4.79 Å². The minimum absolute atomic E-state index is 0.186. The Balaban J connectivity index is 2.01. The van der Waals surface area contributed by atoms with Crippen molar-refractivity contribution in [2.45, 2.75) is 26.8 Å². The van der Waals surface area contributed by atoms with Crippen molar-refractivity contribution in [3.8, 4) is 0 Å². The van der Waals surface area contributed by atoms with Gasteiger partial charge in [0.05, 0.1) is 0 Å². The fraction of sp³-hybridized carbons (Fsp3) is 0.235. The van der Waals surface area contributed by atoms with Crippen LogP contribution in [-0.2, 0) is 6.54 Å². The van der Waals surface area contributed by atoms with E-state index in [9.17, 15) is 4.79 Å². The number of carbonyl (C=O) groups is 1. The fourth-order valence-corrected chi connectivity index (χ4v) is 1.98. The fourth-order valence-electron chi connectivity index (χ4n) is 1.98. The second-order valence-electron chi connectivity index (χ2n) is 4.63. The third-order valence-electron chi connectivity index (χ3n) is 3.27. The summed E-state index contributed by atoms with van der Waals surface area (Å²) >= 11 is 0. The molecule has 0 atom stereocenters. The number of carbonyl (C=O) groups excluding carboxylic acids is 1. The molecule has 2 aromatic rings. The van der Waals surface area contributed by atoms with E-state index in [1.54, 1.807) is 0 Å². The van der Waals surface area contributed by atoms with E-state index in [2.05, 4.69) is 24.4 Å². The van der Waals surface area contributed by atoms with Gasteiger partial charge >= 0.3 is 0 Å². The first kappa shape index (κ1) is 13.3. The Hall–Kier alpha value is -2.09. The maximum Gasteiger partial charge on any atom is 0.162 e. The van der Waals surface area contributed by atoms with Crippen LogP contribution in [-0.4, -0.2) is 5.78 Å². The molecule has 0 fully saturated rings. The number of rotatable bonds is 5. The Bertz CT molecular complexity index is 558. The molecule has 0 aliphatic heterocycles. The maximum absolute atomic E-state index is 11.5. The van der Waals surface area contributed by atoms with E-state index in [4.69, 9.17) is 0 Å². The molecule has 1 N–H and O–H groups in total. The molecule has 0 unspecified atom stereocenters. The van der Waals surface area contributed by atoms with Gasteiger partial charge in [-0.25, -0.2) is 0 Å². The van der Waals surface area contributed by atoms with Crippen molar-refractivity contribution in [1.82, 2.24) is 0 Å². The summed E-state index contributed by atoms with van der Waals surface area (Å²) in [5.41, 5.74) is 4.39. The van der Waals surface area contributed by atoms with Crippen molar-refractivity contribution in [3.63, 3.8) is 0 Å². The Labute approximate surface area is 114 Å². The lowest BCUT2D eigenvalue weighted by atomic mass is 10.1. The molecule has 0 aromatic heterocycles. The summed E-state index contributed by atoms with van der Waals surface area (Å²) in [6.45, 7) is 4.79. The van der Waals surface area contributed by atoms with Crippen LogP contribution in [0.25, 0.3) is 0 Å². The standard InChI is InChI=1S/C17H19NO/c1-3-17(19)14-8-10-16(11-9-14)18-12-15-7-5-4-6-13(15)2/h4-11,18H,3,12H2,1-2H3. The molecule has 0 amide bonds. The van der Waals surface area contributed by atoms with Gasteiger partial charge in [0, 0.05) is 24.2 Å². The zero-order chi connectivity index (χ0) is 13.7.